The SMILES string of the molecule is CC(=O)CCc1ccc(Oc2cc(Cl)nc(N)n2)cc1. The van der Waals surface area contributed by atoms with Crippen molar-refractivity contribution in [2.75, 3.05) is 5.73 Å². The molecule has 0 radical (unpaired) electrons. The summed E-state index contributed by atoms with van der Waals surface area (Å²) in [7, 11) is 0. The number of nitrogens with zero attached hydrogens (tertiary/aromatic N) is 2. The summed E-state index contributed by atoms with van der Waals surface area (Å²) < 4.78 is 5.54. The van der Waals surface area contributed by atoms with Crippen LogP contribution in [0.4, 0.5) is 5.95 Å². The predicted molar refractivity (Wildman–Crippen MR) is 77.0 cm³/mol. The van der Waals surface area contributed by atoms with Crippen LogP contribution in [0.1, 0.15) is 18.9 Å². The minimum absolute atomic E-state index is 0.0607. The molecule has 6 heteroatoms. The summed E-state index contributed by atoms with van der Waals surface area (Å²) in [5.74, 6) is 1.15. The van der Waals surface area contributed by atoms with Gasteiger partial charge in [-0.2, -0.15) is 4.98 Å². The average molecular weight is 292 g/mol. The van der Waals surface area contributed by atoms with Crippen LogP contribution in [-0.4, -0.2) is 15.8 Å². The number of halogens is 1. The van der Waals surface area contributed by atoms with Gasteiger partial charge < -0.3 is 15.3 Å². The van der Waals surface area contributed by atoms with Crippen molar-refractivity contribution in [3.63, 3.8) is 0 Å². The summed E-state index contributed by atoms with van der Waals surface area (Å²) in [6.07, 6.45) is 1.26. The Morgan fingerprint density at radius 2 is 2.00 bits per heavy atom. The predicted octanol–water partition coefficient (Wildman–Crippen LogP) is 3.03. The Labute approximate surface area is 121 Å². The van der Waals surface area contributed by atoms with E-state index in [1.54, 1.807) is 6.92 Å². The first kappa shape index (κ1) is 14.3. The van der Waals surface area contributed by atoms with Crippen LogP contribution in [0.25, 0.3) is 0 Å². The van der Waals surface area contributed by atoms with Crippen LogP contribution in [0.5, 0.6) is 11.6 Å². The van der Waals surface area contributed by atoms with E-state index in [-0.39, 0.29) is 16.9 Å². The van der Waals surface area contributed by atoms with Crippen molar-refractivity contribution < 1.29 is 9.53 Å². The summed E-state index contributed by atoms with van der Waals surface area (Å²) in [5, 5.41) is 0.227. The number of carbonyl (C=O) groups excluding carboxylic acids is 1. The number of nitrogens with two attached hydrogens (primary N) is 1. The van der Waals surface area contributed by atoms with Gasteiger partial charge in [-0.25, -0.2) is 4.98 Å². The molecule has 0 bridgehead atoms. The smallest absolute Gasteiger partial charge is 0.225 e. The minimum atomic E-state index is 0.0607. The number of ketones is 1. The van der Waals surface area contributed by atoms with Gasteiger partial charge in [-0.05, 0) is 31.0 Å². The lowest BCUT2D eigenvalue weighted by molar-refractivity contribution is -0.116. The molecular weight excluding hydrogens is 278 g/mol. The van der Waals surface area contributed by atoms with E-state index in [9.17, 15) is 4.79 Å². The van der Waals surface area contributed by atoms with E-state index in [1.807, 2.05) is 24.3 Å². The number of carbonyl (C=O) groups is 1. The van der Waals surface area contributed by atoms with Crippen molar-refractivity contribution in [1.29, 1.82) is 0 Å². The maximum atomic E-state index is 10.9. The maximum Gasteiger partial charge on any atom is 0.225 e. The van der Waals surface area contributed by atoms with E-state index < -0.39 is 0 Å². The second-order valence-corrected chi connectivity index (χ2v) is 4.72. The minimum Gasteiger partial charge on any atom is -0.439 e. The molecule has 0 aliphatic rings. The topological polar surface area (TPSA) is 78.1 Å². The fourth-order valence-corrected chi connectivity index (χ4v) is 1.81. The summed E-state index contributed by atoms with van der Waals surface area (Å²) in [6, 6.07) is 8.92. The number of ether oxygens (including phenoxy) is 1. The van der Waals surface area contributed by atoms with Crippen LogP contribution in [0, 0.1) is 0 Å². The maximum absolute atomic E-state index is 10.9. The lowest BCUT2D eigenvalue weighted by atomic mass is 10.1. The molecule has 0 spiro atoms. The summed E-state index contributed by atoms with van der Waals surface area (Å²) in [5.41, 5.74) is 6.56. The molecule has 20 heavy (non-hydrogen) atoms. The number of aromatic nitrogens is 2. The Morgan fingerprint density at radius 3 is 2.60 bits per heavy atom. The molecular formula is C14H14ClN3O2. The van der Waals surface area contributed by atoms with Crippen molar-refractivity contribution >= 4 is 23.3 Å². The van der Waals surface area contributed by atoms with Crippen molar-refractivity contribution in [3.05, 3.63) is 41.0 Å². The fraction of sp³-hybridized carbons (Fsp3) is 0.214. The zero-order valence-corrected chi connectivity index (χ0v) is 11.7. The van der Waals surface area contributed by atoms with Gasteiger partial charge in [0.2, 0.25) is 11.8 Å². The molecule has 2 aromatic rings. The molecule has 1 aromatic carbocycles. The van der Waals surface area contributed by atoms with E-state index >= 15 is 0 Å². The zero-order chi connectivity index (χ0) is 14.5. The van der Waals surface area contributed by atoms with E-state index in [0.717, 1.165) is 12.0 Å². The molecule has 0 amide bonds. The van der Waals surface area contributed by atoms with Gasteiger partial charge in [-0.3, -0.25) is 0 Å². The number of Topliss-reactive ketones (excluding diaryl/α,β-unsaturated/α-hetero) is 1. The zero-order valence-electron chi connectivity index (χ0n) is 11.0. The Hall–Kier alpha value is -2.14. The molecule has 5 nitrogen and oxygen atoms in total. The number of hydrogen-bond donors (Lipinski definition) is 1. The molecule has 1 heterocycles. The number of benzene rings is 1. The lowest BCUT2D eigenvalue weighted by Crippen LogP contribution is -1.97. The van der Waals surface area contributed by atoms with Gasteiger partial charge in [-0.15, -0.1) is 0 Å². The highest BCUT2D eigenvalue weighted by Crippen LogP contribution is 2.22. The molecule has 0 aliphatic heterocycles. The van der Waals surface area contributed by atoms with Crippen LogP contribution >= 0.6 is 11.6 Å². The molecule has 2 N–H and O–H groups in total. The van der Waals surface area contributed by atoms with Crippen molar-refractivity contribution in [1.82, 2.24) is 9.97 Å². The molecule has 104 valence electrons. The third-order valence-corrected chi connectivity index (χ3v) is 2.79. The van der Waals surface area contributed by atoms with Crippen LogP contribution in [0.15, 0.2) is 30.3 Å². The van der Waals surface area contributed by atoms with Gasteiger partial charge in [0, 0.05) is 12.5 Å². The largest absolute Gasteiger partial charge is 0.439 e. The van der Waals surface area contributed by atoms with Gasteiger partial charge >= 0.3 is 0 Å². The van der Waals surface area contributed by atoms with Crippen LogP contribution in [0.3, 0.4) is 0 Å². The van der Waals surface area contributed by atoms with Crippen molar-refractivity contribution in [2.45, 2.75) is 19.8 Å². The molecule has 0 unspecified atom stereocenters. The van der Waals surface area contributed by atoms with Crippen LogP contribution in [-0.2, 0) is 11.2 Å². The van der Waals surface area contributed by atoms with E-state index in [4.69, 9.17) is 22.1 Å². The quantitative estimate of drug-likeness (QED) is 0.857. The van der Waals surface area contributed by atoms with Crippen molar-refractivity contribution in [2.24, 2.45) is 0 Å². The Bertz CT molecular complexity index is 594. The highest BCUT2D eigenvalue weighted by Gasteiger charge is 2.04. The first-order valence-corrected chi connectivity index (χ1v) is 6.47. The average Bonchev–Trinajstić information content (AvgIpc) is 2.36. The molecule has 0 saturated heterocycles. The highest BCUT2D eigenvalue weighted by molar-refractivity contribution is 6.29. The first-order valence-electron chi connectivity index (χ1n) is 6.09. The second-order valence-electron chi connectivity index (χ2n) is 4.34. The molecule has 1 aromatic heterocycles. The first-order chi connectivity index (χ1) is 9.52. The second kappa shape index (κ2) is 6.34. The van der Waals surface area contributed by atoms with Crippen LogP contribution < -0.4 is 10.5 Å². The number of aryl methyl sites for hydroxylation is 1. The van der Waals surface area contributed by atoms with Crippen molar-refractivity contribution in [3.8, 4) is 11.6 Å². The number of hydrogen-bond acceptors (Lipinski definition) is 5. The fourth-order valence-electron chi connectivity index (χ4n) is 1.63. The number of rotatable bonds is 5. The summed E-state index contributed by atoms with van der Waals surface area (Å²) >= 11 is 5.77. The third-order valence-electron chi connectivity index (χ3n) is 2.60. The Morgan fingerprint density at radius 1 is 1.30 bits per heavy atom. The summed E-state index contributed by atoms with van der Waals surface area (Å²) in [4.78, 5) is 18.6. The van der Waals surface area contributed by atoms with Crippen LogP contribution in [0.2, 0.25) is 5.15 Å². The van der Waals surface area contributed by atoms with Gasteiger partial charge in [0.1, 0.15) is 16.7 Å². The number of anilines is 1. The molecule has 0 saturated carbocycles. The molecule has 2 rings (SSSR count). The van der Waals surface area contributed by atoms with E-state index in [0.29, 0.717) is 18.1 Å². The van der Waals surface area contributed by atoms with Gasteiger partial charge in [-0.1, -0.05) is 23.7 Å². The van der Waals surface area contributed by atoms with E-state index in [1.165, 1.54) is 6.07 Å². The lowest BCUT2D eigenvalue weighted by Gasteiger charge is -2.06. The van der Waals surface area contributed by atoms with E-state index in [2.05, 4.69) is 9.97 Å². The standard InChI is InChI=1S/C14H14ClN3O2/c1-9(19)2-3-10-4-6-11(7-5-10)20-13-8-12(15)17-14(16)18-13/h4-8H,2-3H2,1H3,(H2,16,17,18). The molecule has 0 fully saturated rings. The monoisotopic (exact) mass is 291 g/mol. The molecule has 0 aliphatic carbocycles. The Balaban J connectivity index is 2.04. The Kier molecular flexibility index (Phi) is 4.53. The summed E-state index contributed by atoms with van der Waals surface area (Å²) in [6.45, 7) is 1.58. The highest BCUT2D eigenvalue weighted by atomic mass is 35.5. The third kappa shape index (κ3) is 4.20. The molecule has 0 atom stereocenters. The van der Waals surface area contributed by atoms with Gasteiger partial charge in [0.05, 0.1) is 0 Å². The number of nitrogen functional groups attached to an aromatic ring is 1. The van der Waals surface area contributed by atoms with Gasteiger partial charge in [0.25, 0.3) is 0 Å². The normalized spacial score (nSPS) is 10.3. The van der Waals surface area contributed by atoms with Gasteiger partial charge in [0.15, 0.2) is 0 Å².